The first-order chi connectivity index (χ1) is 5.64. The third kappa shape index (κ3) is 2.71. The summed E-state index contributed by atoms with van der Waals surface area (Å²) in [6, 6.07) is 8.15. The van der Waals surface area contributed by atoms with Crippen LogP contribution in [0.3, 0.4) is 0 Å². The van der Waals surface area contributed by atoms with E-state index >= 15 is 0 Å². The van der Waals surface area contributed by atoms with Crippen molar-refractivity contribution in [2.75, 3.05) is 0 Å². The van der Waals surface area contributed by atoms with Gasteiger partial charge < -0.3 is 0 Å². The molecule has 12 heavy (non-hydrogen) atoms. The molecular weight excluding hydrogens is 225 g/mol. The van der Waals surface area contributed by atoms with E-state index < -0.39 is 14.5 Å². The number of rotatable bonds is 3. The van der Waals surface area contributed by atoms with Gasteiger partial charge in [0.1, 0.15) is 0 Å². The Morgan fingerprint density at radius 1 is 1.33 bits per heavy atom. The molecule has 0 saturated carbocycles. The van der Waals surface area contributed by atoms with Gasteiger partial charge >= 0.3 is 71.9 Å². The third-order valence-electron chi connectivity index (χ3n) is 1.10. The van der Waals surface area contributed by atoms with Gasteiger partial charge in [0.2, 0.25) is 0 Å². The number of benzene rings is 1. The fraction of sp³-hybridized carbons (Fsp3) is 0. The number of hydrogen-bond donors (Lipinski definition) is 2. The van der Waals surface area contributed by atoms with Gasteiger partial charge in [-0.05, 0) is 0 Å². The second kappa shape index (κ2) is 3.78. The number of para-hydroxylation sites is 1. The van der Waals surface area contributed by atoms with Crippen LogP contribution >= 0.6 is 0 Å². The fourth-order valence-electron chi connectivity index (χ4n) is 0.636. The quantitative estimate of drug-likeness (QED) is 0.558. The van der Waals surface area contributed by atoms with Gasteiger partial charge in [-0.1, -0.05) is 0 Å². The van der Waals surface area contributed by atoms with E-state index in [-0.39, 0.29) is 5.75 Å². The normalized spacial score (nSPS) is 15.2. The van der Waals surface area contributed by atoms with Crippen molar-refractivity contribution >= 4 is 14.5 Å². The molecule has 0 aliphatic heterocycles. The second-order valence-electron chi connectivity index (χ2n) is 1.98. The summed E-state index contributed by atoms with van der Waals surface area (Å²) in [4.78, 5) is 0. The van der Waals surface area contributed by atoms with E-state index in [0.29, 0.717) is 0 Å². The van der Waals surface area contributed by atoms with E-state index in [1.807, 2.05) is 0 Å². The molecule has 3 N–H and O–H groups in total. The molecule has 5 nitrogen and oxygen atoms in total. The van der Waals surface area contributed by atoms with Crippen molar-refractivity contribution < 1.29 is 15.4 Å². The molecule has 6 heteroatoms. The monoisotopic (exact) mass is 233 g/mol. The van der Waals surface area contributed by atoms with E-state index in [9.17, 15) is 3.74 Å². The molecule has 0 spiro atoms. The van der Waals surface area contributed by atoms with E-state index in [0.717, 1.165) is 0 Å². The summed E-state index contributed by atoms with van der Waals surface area (Å²) < 4.78 is 28.0. The molecule has 0 aliphatic rings. The minimum absolute atomic E-state index is 0.257. The molecule has 0 bridgehead atoms. The van der Waals surface area contributed by atoms with Gasteiger partial charge in [-0.2, -0.15) is 0 Å². The molecule has 0 heterocycles. The van der Waals surface area contributed by atoms with Crippen molar-refractivity contribution in [3.63, 3.8) is 0 Å². The summed E-state index contributed by atoms with van der Waals surface area (Å²) >= 11 is -4.71. The Morgan fingerprint density at radius 3 is 2.42 bits per heavy atom. The first-order valence-corrected chi connectivity index (χ1v) is 6.24. The molecule has 1 unspecified atom stereocenters. The van der Waals surface area contributed by atoms with E-state index in [2.05, 4.69) is 13.4 Å². The Bertz CT molecular complexity index is 289. The molecule has 0 fully saturated rings. The zero-order valence-corrected chi connectivity index (χ0v) is 7.96. The molecular formula is C6H8AsNO4. The van der Waals surface area contributed by atoms with Gasteiger partial charge in [0, 0.05) is 0 Å². The van der Waals surface area contributed by atoms with Crippen molar-refractivity contribution in [1.82, 2.24) is 0 Å². The maximum atomic E-state index is 10.8. The standard InChI is InChI=1S/C6H8AsNO4/c8-12-7(9,10)11-6-4-2-1-3-5-6/h1-5H,8H2,(H,9,10). The van der Waals surface area contributed by atoms with Crippen LogP contribution in [0.1, 0.15) is 0 Å². The molecule has 0 aliphatic carbocycles. The molecule has 66 valence electrons. The average molecular weight is 233 g/mol. The Labute approximate surface area is 72.4 Å². The Hall–Kier alpha value is -0.742. The summed E-state index contributed by atoms with van der Waals surface area (Å²) in [6.07, 6.45) is 0. The Morgan fingerprint density at radius 2 is 1.92 bits per heavy atom. The van der Waals surface area contributed by atoms with Crippen LogP contribution in [0.15, 0.2) is 30.3 Å². The summed E-state index contributed by atoms with van der Waals surface area (Å²) in [7, 11) is 0. The van der Waals surface area contributed by atoms with E-state index in [4.69, 9.17) is 4.10 Å². The predicted octanol–water partition coefficient (Wildman–Crippen LogP) is -0.186. The van der Waals surface area contributed by atoms with Gasteiger partial charge in [0.05, 0.1) is 0 Å². The van der Waals surface area contributed by atoms with E-state index in [1.165, 1.54) is 12.1 Å². The number of nitrogens with two attached hydrogens (primary N) is 1. The van der Waals surface area contributed by atoms with Crippen LogP contribution in [0.4, 0.5) is 0 Å². The summed E-state index contributed by atoms with van der Waals surface area (Å²) in [5.74, 6) is 4.80. The fourth-order valence-corrected chi connectivity index (χ4v) is 1.54. The zero-order valence-electron chi connectivity index (χ0n) is 6.08. The summed E-state index contributed by atoms with van der Waals surface area (Å²) in [6.45, 7) is 0. The van der Waals surface area contributed by atoms with Crippen LogP contribution in [-0.2, 0) is 7.57 Å². The molecule has 0 saturated heterocycles. The van der Waals surface area contributed by atoms with Gasteiger partial charge in [0.15, 0.2) is 0 Å². The topological polar surface area (TPSA) is 81.8 Å². The first kappa shape index (κ1) is 9.35. The molecule has 0 amide bonds. The van der Waals surface area contributed by atoms with Crippen molar-refractivity contribution in [2.45, 2.75) is 0 Å². The van der Waals surface area contributed by atoms with Crippen molar-refractivity contribution in [1.29, 1.82) is 0 Å². The molecule has 1 aromatic rings. The van der Waals surface area contributed by atoms with Crippen LogP contribution in [0.5, 0.6) is 5.75 Å². The molecule has 1 atom stereocenters. The molecule has 0 aromatic heterocycles. The van der Waals surface area contributed by atoms with Gasteiger partial charge in [0.25, 0.3) is 0 Å². The van der Waals surface area contributed by atoms with Crippen molar-refractivity contribution in [3.8, 4) is 5.75 Å². The van der Waals surface area contributed by atoms with Crippen molar-refractivity contribution in [2.24, 2.45) is 5.90 Å². The van der Waals surface area contributed by atoms with E-state index in [1.54, 1.807) is 18.2 Å². The van der Waals surface area contributed by atoms with Crippen molar-refractivity contribution in [3.05, 3.63) is 30.3 Å². The minimum atomic E-state index is -4.71. The van der Waals surface area contributed by atoms with Gasteiger partial charge in [-0.25, -0.2) is 0 Å². The van der Waals surface area contributed by atoms with Crippen LogP contribution < -0.4 is 9.62 Å². The first-order valence-electron chi connectivity index (χ1n) is 3.10. The van der Waals surface area contributed by atoms with Crippen LogP contribution in [0, 0.1) is 0 Å². The summed E-state index contributed by atoms with van der Waals surface area (Å²) in [5.41, 5.74) is 0. The summed E-state index contributed by atoms with van der Waals surface area (Å²) in [5, 5.41) is 0. The molecule has 1 rings (SSSR count). The third-order valence-corrected chi connectivity index (χ3v) is 2.58. The molecule has 1 aromatic carbocycles. The van der Waals surface area contributed by atoms with Crippen LogP contribution in [0.2, 0.25) is 0 Å². The van der Waals surface area contributed by atoms with Crippen LogP contribution in [0.25, 0.3) is 0 Å². The Kier molecular flexibility index (Phi) is 2.94. The predicted molar refractivity (Wildman–Crippen MR) is 41.0 cm³/mol. The molecule has 0 radical (unpaired) electrons. The van der Waals surface area contributed by atoms with Crippen LogP contribution in [-0.4, -0.2) is 18.6 Å². The maximum absolute atomic E-state index is 10.8. The average Bonchev–Trinajstić information content (AvgIpc) is 2.06. The van der Waals surface area contributed by atoms with Gasteiger partial charge in [-0.15, -0.1) is 0 Å². The number of hydrogen-bond acceptors (Lipinski definition) is 4. The Balaban J connectivity index is 2.71. The zero-order chi connectivity index (χ0) is 9.03. The second-order valence-corrected chi connectivity index (χ2v) is 4.77. The van der Waals surface area contributed by atoms with Gasteiger partial charge in [-0.3, -0.25) is 0 Å². The SMILES string of the molecule is NO[As](=O)(O)Oc1ccccc1.